The summed E-state index contributed by atoms with van der Waals surface area (Å²) in [6.07, 6.45) is 9.30. The summed E-state index contributed by atoms with van der Waals surface area (Å²) in [7, 11) is 0. The van der Waals surface area contributed by atoms with Gasteiger partial charge in [0.15, 0.2) is 0 Å². The van der Waals surface area contributed by atoms with Gasteiger partial charge in [-0.05, 0) is 63.7 Å². The quantitative estimate of drug-likeness (QED) is 0.808. The predicted molar refractivity (Wildman–Crippen MR) is 92.3 cm³/mol. The third-order valence-electron chi connectivity index (χ3n) is 5.78. The van der Waals surface area contributed by atoms with Crippen molar-refractivity contribution in [1.29, 1.82) is 0 Å². The highest BCUT2D eigenvalue weighted by molar-refractivity contribution is 5.68. The van der Waals surface area contributed by atoms with Crippen LogP contribution in [0.4, 0.5) is 4.79 Å². The highest BCUT2D eigenvalue weighted by Crippen LogP contribution is 2.43. The molecule has 1 amide bonds. The molecule has 3 atom stereocenters. The molecular weight excluding hydrogens is 288 g/mol. The summed E-state index contributed by atoms with van der Waals surface area (Å²) in [5, 5.41) is 3.80. The summed E-state index contributed by atoms with van der Waals surface area (Å²) in [5.41, 5.74) is -0.110. The van der Waals surface area contributed by atoms with Gasteiger partial charge in [-0.2, -0.15) is 0 Å². The van der Waals surface area contributed by atoms with E-state index in [1.807, 2.05) is 25.7 Å². The van der Waals surface area contributed by atoms with E-state index in [1.165, 1.54) is 12.8 Å². The second kappa shape index (κ2) is 6.12. The number of rotatable bonds is 3. The Labute approximate surface area is 140 Å². The summed E-state index contributed by atoms with van der Waals surface area (Å²) in [6, 6.07) is 0.680. The van der Waals surface area contributed by atoms with E-state index in [9.17, 15) is 4.79 Å². The number of piperidine rings is 1. The summed E-state index contributed by atoms with van der Waals surface area (Å²) in [4.78, 5) is 14.0. The molecule has 2 fully saturated rings. The van der Waals surface area contributed by atoms with Crippen LogP contribution in [0, 0.1) is 17.3 Å². The molecule has 1 saturated carbocycles. The summed E-state index contributed by atoms with van der Waals surface area (Å²) < 4.78 is 5.48. The topological polar surface area (TPSA) is 41.6 Å². The van der Waals surface area contributed by atoms with Crippen molar-refractivity contribution in [2.45, 2.75) is 65.0 Å². The van der Waals surface area contributed by atoms with Gasteiger partial charge in [0.25, 0.3) is 0 Å². The van der Waals surface area contributed by atoms with Gasteiger partial charge in [0.2, 0.25) is 0 Å². The van der Waals surface area contributed by atoms with E-state index in [0.717, 1.165) is 44.3 Å². The maximum atomic E-state index is 12.2. The third kappa shape index (κ3) is 3.90. The lowest BCUT2D eigenvalue weighted by Crippen LogP contribution is -2.53. The first kappa shape index (κ1) is 16.8. The second-order valence-corrected chi connectivity index (χ2v) is 9.00. The van der Waals surface area contributed by atoms with Gasteiger partial charge in [0.1, 0.15) is 5.60 Å². The normalized spacial score (nSPS) is 32.3. The number of hydrogen-bond acceptors (Lipinski definition) is 3. The van der Waals surface area contributed by atoms with Gasteiger partial charge in [-0.15, -0.1) is 0 Å². The van der Waals surface area contributed by atoms with Crippen LogP contribution < -0.4 is 5.32 Å². The van der Waals surface area contributed by atoms with Crippen LogP contribution in [0.2, 0.25) is 0 Å². The molecule has 1 saturated heterocycles. The first-order valence-electron chi connectivity index (χ1n) is 9.14. The van der Waals surface area contributed by atoms with Crippen LogP contribution in [0.1, 0.15) is 53.4 Å². The molecule has 0 radical (unpaired) electrons. The van der Waals surface area contributed by atoms with E-state index >= 15 is 0 Å². The fourth-order valence-electron chi connectivity index (χ4n) is 4.06. The first-order chi connectivity index (χ1) is 10.8. The maximum Gasteiger partial charge on any atom is 0.410 e. The molecule has 1 N–H and O–H groups in total. The number of amides is 1. The van der Waals surface area contributed by atoms with Crippen LogP contribution in [0.3, 0.4) is 0 Å². The average Bonchev–Trinajstić information content (AvgIpc) is 2.79. The SMILES string of the molecule is CC1(CNC2CC3CC=CC32)CCN(C(=O)OC(C)(C)C)CC1. The lowest BCUT2D eigenvalue weighted by Gasteiger charge is -2.45. The zero-order valence-corrected chi connectivity index (χ0v) is 15.1. The molecule has 2 aliphatic carbocycles. The molecule has 0 aromatic heterocycles. The number of carbonyl (C=O) groups is 1. The van der Waals surface area contributed by atoms with Crippen molar-refractivity contribution in [2.75, 3.05) is 19.6 Å². The Morgan fingerprint density at radius 3 is 2.65 bits per heavy atom. The third-order valence-corrected chi connectivity index (χ3v) is 5.78. The molecule has 0 aromatic rings. The highest BCUT2D eigenvalue weighted by Gasteiger charge is 2.42. The Morgan fingerprint density at radius 2 is 2.04 bits per heavy atom. The number of carbonyl (C=O) groups excluding carboxylic acids is 1. The van der Waals surface area contributed by atoms with Crippen LogP contribution >= 0.6 is 0 Å². The van der Waals surface area contributed by atoms with E-state index in [0.29, 0.717) is 11.5 Å². The minimum atomic E-state index is -0.408. The standard InChI is InChI=1S/C19H32N2O2/c1-18(2,3)23-17(22)21-10-8-19(4,9-11-21)13-20-16-12-14-6-5-7-15(14)16/h5,7,14-16,20H,6,8-13H2,1-4H3. The second-order valence-electron chi connectivity index (χ2n) is 9.00. The number of hydrogen-bond donors (Lipinski definition) is 1. The number of likely N-dealkylation sites (tertiary alicyclic amines) is 1. The fraction of sp³-hybridized carbons (Fsp3) is 0.842. The molecule has 0 spiro atoms. The molecule has 4 heteroatoms. The summed E-state index contributed by atoms with van der Waals surface area (Å²) >= 11 is 0. The Morgan fingerprint density at radius 1 is 1.35 bits per heavy atom. The van der Waals surface area contributed by atoms with Gasteiger partial charge in [-0.3, -0.25) is 0 Å². The van der Waals surface area contributed by atoms with Gasteiger partial charge < -0.3 is 15.0 Å². The monoisotopic (exact) mass is 320 g/mol. The van der Waals surface area contributed by atoms with E-state index in [-0.39, 0.29) is 6.09 Å². The molecule has 1 aliphatic heterocycles. The van der Waals surface area contributed by atoms with Crippen LogP contribution in [0.25, 0.3) is 0 Å². The fourth-order valence-corrected chi connectivity index (χ4v) is 4.06. The molecule has 1 heterocycles. The zero-order chi connectivity index (χ0) is 16.7. The van der Waals surface area contributed by atoms with Crippen LogP contribution in [0.5, 0.6) is 0 Å². The number of nitrogens with zero attached hydrogens (tertiary/aromatic N) is 1. The van der Waals surface area contributed by atoms with Crippen LogP contribution in [-0.4, -0.2) is 42.3 Å². The minimum absolute atomic E-state index is 0.162. The smallest absolute Gasteiger partial charge is 0.410 e. The molecular formula is C19H32N2O2. The van der Waals surface area contributed by atoms with Crippen molar-refractivity contribution in [3.63, 3.8) is 0 Å². The van der Waals surface area contributed by atoms with Crippen LogP contribution in [0.15, 0.2) is 12.2 Å². The summed E-state index contributed by atoms with van der Waals surface area (Å²) in [6.45, 7) is 10.8. The molecule has 130 valence electrons. The number of fused-ring (bicyclic) bond motifs is 1. The van der Waals surface area contributed by atoms with E-state index in [1.54, 1.807) is 0 Å². The predicted octanol–water partition coefficient (Wildman–Crippen LogP) is 3.58. The molecule has 23 heavy (non-hydrogen) atoms. The molecule has 0 bridgehead atoms. The highest BCUT2D eigenvalue weighted by atomic mass is 16.6. The van der Waals surface area contributed by atoms with Gasteiger partial charge in [-0.1, -0.05) is 19.1 Å². The average molecular weight is 320 g/mol. The molecule has 3 unspecified atom stereocenters. The Balaban J connectivity index is 1.42. The Kier molecular flexibility index (Phi) is 4.47. The lowest BCUT2D eigenvalue weighted by atomic mass is 9.70. The molecule has 3 rings (SSSR count). The van der Waals surface area contributed by atoms with E-state index < -0.39 is 5.60 Å². The van der Waals surface area contributed by atoms with E-state index in [2.05, 4.69) is 24.4 Å². The number of ether oxygens (including phenoxy) is 1. The number of allylic oxidation sites excluding steroid dienone is 1. The zero-order valence-electron chi connectivity index (χ0n) is 15.1. The summed E-state index contributed by atoms with van der Waals surface area (Å²) in [5.74, 6) is 1.69. The maximum absolute atomic E-state index is 12.2. The van der Waals surface area contributed by atoms with E-state index in [4.69, 9.17) is 4.74 Å². The van der Waals surface area contributed by atoms with Crippen LogP contribution in [-0.2, 0) is 4.74 Å². The van der Waals surface area contributed by atoms with Crippen molar-refractivity contribution in [1.82, 2.24) is 10.2 Å². The molecule has 4 nitrogen and oxygen atoms in total. The largest absolute Gasteiger partial charge is 0.444 e. The number of nitrogens with one attached hydrogen (secondary N) is 1. The van der Waals surface area contributed by atoms with Gasteiger partial charge in [0, 0.05) is 25.7 Å². The minimum Gasteiger partial charge on any atom is -0.444 e. The van der Waals surface area contributed by atoms with Crippen molar-refractivity contribution in [3.8, 4) is 0 Å². The van der Waals surface area contributed by atoms with Gasteiger partial charge >= 0.3 is 6.09 Å². The lowest BCUT2D eigenvalue weighted by molar-refractivity contribution is 0.0107. The molecule has 0 aromatic carbocycles. The van der Waals surface area contributed by atoms with Gasteiger partial charge in [0.05, 0.1) is 0 Å². The van der Waals surface area contributed by atoms with Crippen molar-refractivity contribution >= 4 is 6.09 Å². The van der Waals surface area contributed by atoms with Gasteiger partial charge in [-0.25, -0.2) is 4.79 Å². The van der Waals surface area contributed by atoms with Crippen molar-refractivity contribution in [3.05, 3.63) is 12.2 Å². The van der Waals surface area contributed by atoms with Crippen molar-refractivity contribution in [2.24, 2.45) is 17.3 Å². The first-order valence-corrected chi connectivity index (χ1v) is 9.14. The van der Waals surface area contributed by atoms with Crippen molar-refractivity contribution < 1.29 is 9.53 Å². The molecule has 3 aliphatic rings. The Bertz CT molecular complexity index is 472. The Hall–Kier alpha value is -1.03.